The zero-order valence-electron chi connectivity index (χ0n) is 21.1. The first kappa shape index (κ1) is 29.2. The summed E-state index contributed by atoms with van der Waals surface area (Å²) in [5, 5.41) is 8.60. The fourth-order valence-electron chi connectivity index (χ4n) is 4.30. The average molecular weight is 423 g/mol. The Hall–Kier alpha value is -0.790. The first-order valence-electron chi connectivity index (χ1n) is 13.2. The largest absolute Gasteiger partial charge is 0.481 e. The van der Waals surface area contributed by atoms with Crippen LogP contribution in [-0.4, -0.2) is 11.1 Å². The van der Waals surface area contributed by atoms with E-state index >= 15 is 0 Å². The molecule has 178 valence electrons. The highest BCUT2D eigenvalue weighted by Gasteiger charge is 2.08. The van der Waals surface area contributed by atoms with Gasteiger partial charge in [0.15, 0.2) is 0 Å². The van der Waals surface area contributed by atoms with Gasteiger partial charge in [0.2, 0.25) is 0 Å². The summed E-state index contributed by atoms with van der Waals surface area (Å²) in [6.07, 6.45) is 24.1. The summed E-state index contributed by atoms with van der Waals surface area (Å²) in [4.78, 5) is 10.4. The van der Waals surface area contributed by atoms with Crippen LogP contribution in [0, 0.1) is 23.7 Å². The van der Waals surface area contributed by atoms with Crippen molar-refractivity contribution in [2.45, 2.75) is 137 Å². The van der Waals surface area contributed by atoms with E-state index in [0.717, 1.165) is 42.9 Å². The van der Waals surface area contributed by atoms with Crippen LogP contribution < -0.4 is 0 Å². The van der Waals surface area contributed by atoms with E-state index in [4.69, 9.17) is 5.11 Å². The summed E-state index contributed by atoms with van der Waals surface area (Å²) >= 11 is 0. The minimum absolute atomic E-state index is 0.290. The molecule has 0 aliphatic heterocycles. The Balaban J connectivity index is 3.50. The number of carboxylic acids is 1. The topological polar surface area (TPSA) is 37.3 Å². The molecule has 0 aromatic rings. The first-order valence-corrected chi connectivity index (χ1v) is 13.2. The third-order valence-corrected chi connectivity index (χ3v) is 6.51. The lowest BCUT2D eigenvalue weighted by atomic mass is 9.90. The fourth-order valence-corrected chi connectivity index (χ4v) is 4.30. The van der Waals surface area contributed by atoms with Crippen molar-refractivity contribution < 1.29 is 9.90 Å². The molecule has 2 heteroatoms. The Morgan fingerprint density at radius 1 is 0.600 bits per heavy atom. The van der Waals surface area contributed by atoms with Gasteiger partial charge in [-0.05, 0) is 49.4 Å². The highest BCUT2D eigenvalue weighted by atomic mass is 16.4. The normalized spacial score (nSPS) is 15.0. The van der Waals surface area contributed by atoms with Gasteiger partial charge in [-0.3, -0.25) is 4.79 Å². The number of rotatable bonds is 21. The summed E-state index contributed by atoms with van der Waals surface area (Å²) in [5.41, 5.74) is 0. The van der Waals surface area contributed by atoms with Crippen molar-refractivity contribution in [2.24, 2.45) is 23.7 Å². The van der Waals surface area contributed by atoms with E-state index < -0.39 is 5.97 Å². The van der Waals surface area contributed by atoms with Crippen molar-refractivity contribution in [1.29, 1.82) is 0 Å². The maximum atomic E-state index is 10.4. The molecule has 30 heavy (non-hydrogen) atoms. The molecule has 0 rings (SSSR count). The van der Waals surface area contributed by atoms with Gasteiger partial charge >= 0.3 is 5.97 Å². The van der Waals surface area contributed by atoms with Crippen molar-refractivity contribution in [2.75, 3.05) is 0 Å². The molecular weight excluding hydrogens is 368 g/mol. The number of hydrogen-bond acceptors (Lipinski definition) is 1. The lowest BCUT2D eigenvalue weighted by molar-refractivity contribution is -0.137. The number of carbonyl (C=O) groups is 1. The quantitative estimate of drug-likeness (QED) is 0.148. The molecule has 0 aliphatic carbocycles. The second-order valence-corrected chi connectivity index (χ2v) is 10.5. The van der Waals surface area contributed by atoms with Gasteiger partial charge in [0.05, 0.1) is 0 Å². The van der Waals surface area contributed by atoms with E-state index in [2.05, 4.69) is 46.8 Å². The summed E-state index contributed by atoms with van der Waals surface area (Å²) in [6.45, 7) is 12.0. The molecule has 0 amide bonds. The molecule has 0 fully saturated rings. The monoisotopic (exact) mass is 422 g/mol. The van der Waals surface area contributed by atoms with Crippen LogP contribution in [0.5, 0.6) is 0 Å². The van der Waals surface area contributed by atoms with Crippen molar-refractivity contribution in [3.05, 3.63) is 12.2 Å². The van der Waals surface area contributed by atoms with Gasteiger partial charge in [0, 0.05) is 6.42 Å². The van der Waals surface area contributed by atoms with Gasteiger partial charge in [-0.1, -0.05) is 117 Å². The number of hydrogen-bond donors (Lipinski definition) is 1. The van der Waals surface area contributed by atoms with Crippen LogP contribution in [0.25, 0.3) is 0 Å². The van der Waals surface area contributed by atoms with Gasteiger partial charge in [-0.25, -0.2) is 0 Å². The van der Waals surface area contributed by atoms with Gasteiger partial charge < -0.3 is 5.11 Å². The zero-order chi connectivity index (χ0) is 22.6. The summed E-state index contributed by atoms with van der Waals surface area (Å²) in [6, 6.07) is 0. The van der Waals surface area contributed by atoms with E-state index in [9.17, 15) is 4.79 Å². The SMILES string of the molecule is CC(C)CCCC(C)CCCC(C)CCCC(C)CCCC/C=C\CCCC(=O)O. The van der Waals surface area contributed by atoms with E-state index in [1.54, 1.807) is 0 Å². The second-order valence-electron chi connectivity index (χ2n) is 10.5. The van der Waals surface area contributed by atoms with Gasteiger partial charge in [-0.2, -0.15) is 0 Å². The van der Waals surface area contributed by atoms with E-state index in [-0.39, 0.29) is 6.42 Å². The molecule has 0 saturated carbocycles. The Morgan fingerprint density at radius 2 is 1.00 bits per heavy atom. The first-order chi connectivity index (χ1) is 14.3. The molecule has 0 aliphatic rings. The maximum Gasteiger partial charge on any atom is 0.303 e. The Kier molecular flexibility index (Phi) is 19.6. The lowest BCUT2D eigenvalue weighted by Gasteiger charge is -2.16. The van der Waals surface area contributed by atoms with Crippen LogP contribution in [0.2, 0.25) is 0 Å². The predicted octanol–water partition coefficient (Wildman–Crippen LogP) is 9.43. The Labute approximate surface area is 189 Å². The van der Waals surface area contributed by atoms with Crippen molar-refractivity contribution in [3.8, 4) is 0 Å². The maximum absolute atomic E-state index is 10.4. The van der Waals surface area contributed by atoms with Gasteiger partial charge in [0.25, 0.3) is 0 Å². The third-order valence-electron chi connectivity index (χ3n) is 6.51. The van der Waals surface area contributed by atoms with Crippen LogP contribution in [-0.2, 0) is 4.79 Å². The highest BCUT2D eigenvalue weighted by Crippen LogP contribution is 2.23. The minimum atomic E-state index is -0.686. The molecule has 2 nitrogen and oxygen atoms in total. The predicted molar refractivity (Wildman–Crippen MR) is 133 cm³/mol. The molecule has 1 N–H and O–H groups in total. The van der Waals surface area contributed by atoms with Crippen molar-refractivity contribution >= 4 is 5.97 Å². The smallest absolute Gasteiger partial charge is 0.303 e. The number of unbranched alkanes of at least 4 members (excludes halogenated alkanes) is 3. The Bertz CT molecular complexity index is 413. The number of carboxylic acid groups (broad SMARTS) is 1. The molecule has 0 spiro atoms. The molecule has 0 aromatic heterocycles. The molecule has 3 unspecified atom stereocenters. The van der Waals surface area contributed by atoms with Crippen LogP contribution >= 0.6 is 0 Å². The summed E-state index contributed by atoms with van der Waals surface area (Å²) < 4.78 is 0. The third kappa shape index (κ3) is 21.9. The molecule has 0 aromatic carbocycles. The van der Waals surface area contributed by atoms with Crippen molar-refractivity contribution in [3.63, 3.8) is 0 Å². The lowest BCUT2D eigenvalue weighted by Crippen LogP contribution is -2.01. The molecular formula is C28H54O2. The minimum Gasteiger partial charge on any atom is -0.481 e. The molecule has 0 heterocycles. The van der Waals surface area contributed by atoms with Crippen molar-refractivity contribution in [1.82, 2.24) is 0 Å². The molecule has 0 saturated heterocycles. The van der Waals surface area contributed by atoms with E-state index in [1.165, 1.54) is 77.0 Å². The zero-order valence-corrected chi connectivity index (χ0v) is 21.1. The summed E-state index contributed by atoms with van der Waals surface area (Å²) in [7, 11) is 0. The Morgan fingerprint density at radius 3 is 1.43 bits per heavy atom. The standard InChI is InChI=1S/C28H54O2/c1-24(2)16-13-18-26(4)20-15-22-27(5)21-14-19-25(3)17-11-9-7-6-8-10-12-23-28(29)30/h6,8,24-27H,7,9-23H2,1-5H3,(H,29,30)/b8-6-. The highest BCUT2D eigenvalue weighted by molar-refractivity contribution is 5.66. The number of aliphatic carboxylic acids is 1. The van der Waals surface area contributed by atoms with E-state index in [0.29, 0.717) is 0 Å². The summed E-state index contributed by atoms with van der Waals surface area (Å²) in [5.74, 6) is 2.84. The van der Waals surface area contributed by atoms with Gasteiger partial charge in [0.1, 0.15) is 0 Å². The second kappa shape index (κ2) is 20.1. The fraction of sp³-hybridized carbons (Fsp3) is 0.893. The van der Waals surface area contributed by atoms with Crippen LogP contribution in [0.1, 0.15) is 137 Å². The molecule has 3 atom stereocenters. The van der Waals surface area contributed by atoms with Crippen LogP contribution in [0.15, 0.2) is 12.2 Å². The van der Waals surface area contributed by atoms with E-state index in [1.807, 2.05) is 0 Å². The van der Waals surface area contributed by atoms with Gasteiger partial charge in [-0.15, -0.1) is 0 Å². The number of allylic oxidation sites excluding steroid dienone is 2. The van der Waals surface area contributed by atoms with Crippen LogP contribution in [0.4, 0.5) is 0 Å². The average Bonchev–Trinajstić information content (AvgIpc) is 2.66. The molecule has 0 bridgehead atoms. The molecule has 0 radical (unpaired) electrons. The van der Waals surface area contributed by atoms with Crippen LogP contribution in [0.3, 0.4) is 0 Å².